The van der Waals surface area contributed by atoms with E-state index in [-0.39, 0.29) is 11.9 Å². The topological polar surface area (TPSA) is 24.5 Å². The Labute approximate surface area is 123 Å². The van der Waals surface area contributed by atoms with Crippen LogP contribution in [0.25, 0.3) is 0 Å². The van der Waals surface area contributed by atoms with Gasteiger partial charge in [0.25, 0.3) is 0 Å². The van der Waals surface area contributed by atoms with Gasteiger partial charge in [0.15, 0.2) is 0 Å². The van der Waals surface area contributed by atoms with E-state index in [2.05, 4.69) is 40.1 Å². The lowest BCUT2D eigenvalue weighted by atomic mass is 10.1. The Morgan fingerprint density at radius 1 is 1.42 bits per heavy atom. The van der Waals surface area contributed by atoms with Gasteiger partial charge in [0.05, 0.1) is 6.61 Å². The maximum absolute atomic E-state index is 13.0. The largest absolute Gasteiger partial charge is 0.383 e. The van der Waals surface area contributed by atoms with Crippen molar-refractivity contribution < 1.29 is 9.13 Å². The van der Waals surface area contributed by atoms with E-state index < -0.39 is 0 Å². The molecule has 5 heteroatoms. The van der Waals surface area contributed by atoms with Gasteiger partial charge in [0, 0.05) is 37.3 Å². The Balaban J connectivity index is 2.36. The molecule has 1 unspecified atom stereocenters. The number of ether oxygens (including phenoxy) is 1. The average Bonchev–Trinajstić information content (AvgIpc) is 2.36. The average molecular weight is 333 g/mol. The van der Waals surface area contributed by atoms with Crippen LogP contribution in [-0.4, -0.2) is 45.3 Å². The molecule has 0 saturated heterocycles. The first-order chi connectivity index (χ1) is 9.04. The Morgan fingerprint density at radius 2 is 2.16 bits per heavy atom. The van der Waals surface area contributed by atoms with Gasteiger partial charge >= 0.3 is 0 Å². The second kappa shape index (κ2) is 8.64. The molecule has 0 radical (unpaired) electrons. The molecule has 0 saturated carbocycles. The fourth-order valence-electron chi connectivity index (χ4n) is 1.79. The number of methoxy groups -OCH3 is 1. The highest BCUT2D eigenvalue weighted by atomic mass is 79.9. The molecular weight excluding hydrogens is 311 g/mol. The molecule has 0 amide bonds. The van der Waals surface area contributed by atoms with Crippen LogP contribution in [0.1, 0.15) is 18.5 Å². The SMILES string of the molecule is COCCN(C)CCNC(C)c1ccc(F)cc1Br. The zero-order valence-electron chi connectivity index (χ0n) is 11.7. The first-order valence-corrected chi connectivity index (χ1v) is 7.19. The summed E-state index contributed by atoms with van der Waals surface area (Å²) in [6, 6.07) is 4.98. The molecule has 1 atom stereocenters. The fourth-order valence-corrected chi connectivity index (χ4v) is 2.49. The monoisotopic (exact) mass is 332 g/mol. The molecule has 0 aromatic heterocycles. The maximum atomic E-state index is 13.0. The minimum atomic E-state index is -0.220. The van der Waals surface area contributed by atoms with Crippen LogP contribution in [0.3, 0.4) is 0 Å². The first-order valence-electron chi connectivity index (χ1n) is 6.40. The standard InChI is InChI=1S/C14H22BrFN2O/c1-11(13-5-4-12(16)10-14(13)15)17-6-7-18(2)8-9-19-3/h4-5,10-11,17H,6-9H2,1-3H3. The van der Waals surface area contributed by atoms with Gasteiger partial charge in [-0.2, -0.15) is 0 Å². The Morgan fingerprint density at radius 3 is 2.79 bits per heavy atom. The van der Waals surface area contributed by atoms with Crippen molar-refractivity contribution in [3.05, 3.63) is 34.1 Å². The van der Waals surface area contributed by atoms with Crippen LogP contribution >= 0.6 is 15.9 Å². The van der Waals surface area contributed by atoms with E-state index in [0.29, 0.717) is 0 Å². The summed E-state index contributed by atoms with van der Waals surface area (Å²) in [6.45, 7) is 5.58. The van der Waals surface area contributed by atoms with Crippen molar-refractivity contribution >= 4 is 15.9 Å². The highest BCUT2D eigenvalue weighted by Gasteiger charge is 2.09. The van der Waals surface area contributed by atoms with Crippen LogP contribution in [0.15, 0.2) is 22.7 Å². The molecule has 1 rings (SSSR count). The predicted octanol–water partition coefficient (Wildman–Crippen LogP) is 2.82. The van der Waals surface area contributed by atoms with Crippen molar-refractivity contribution in [3.8, 4) is 0 Å². The Kier molecular flexibility index (Phi) is 7.53. The van der Waals surface area contributed by atoms with Crippen molar-refractivity contribution in [2.45, 2.75) is 13.0 Å². The molecule has 1 aromatic rings. The van der Waals surface area contributed by atoms with Crippen LogP contribution in [0.2, 0.25) is 0 Å². The van der Waals surface area contributed by atoms with Crippen molar-refractivity contribution in [1.82, 2.24) is 10.2 Å². The lowest BCUT2D eigenvalue weighted by Gasteiger charge is -2.20. The van der Waals surface area contributed by atoms with Crippen molar-refractivity contribution in [2.24, 2.45) is 0 Å². The number of likely N-dealkylation sites (N-methyl/N-ethyl adjacent to an activating group) is 1. The number of halogens is 2. The number of rotatable bonds is 8. The summed E-state index contributed by atoms with van der Waals surface area (Å²) in [7, 11) is 3.78. The normalized spacial score (nSPS) is 12.9. The van der Waals surface area contributed by atoms with Gasteiger partial charge in [0.1, 0.15) is 5.82 Å². The zero-order chi connectivity index (χ0) is 14.3. The van der Waals surface area contributed by atoms with Gasteiger partial charge in [-0.05, 0) is 31.7 Å². The molecule has 1 aromatic carbocycles. The lowest BCUT2D eigenvalue weighted by molar-refractivity contribution is 0.161. The first kappa shape index (κ1) is 16.6. The van der Waals surface area contributed by atoms with E-state index in [0.717, 1.165) is 36.3 Å². The van der Waals surface area contributed by atoms with Gasteiger partial charge in [-0.1, -0.05) is 22.0 Å². The lowest BCUT2D eigenvalue weighted by Crippen LogP contribution is -2.32. The van der Waals surface area contributed by atoms with E-state index >= 15 is 0 Å². The number of nitrogens with one attached hydrogen (secondary N) is 1. The molecule has 0 aliphatic carbocycles. The van der Waals surface area contributed by atoms with E-state index in [1.165, 1.54) is 12.1 Å². The molecule has 0 bridgehead atoms. The van der Waals surface area contributed by atoms with Gasteiger partial charge in [-0.3, -0.25) is 0 Å². The number of benzene rings is 1. The molecule has 3 nitrogen and oxygen atoms in total. The third-order valence-corrected chi connectivity index (χ3v) is 3.74. The summed E-state index contributed by atoms with van der Waals surface area (Å²) >= 11 is 3.40. The van der Waals surface area contributed by atoms with E-state index in [9.17, 15) is 4.39 Å². The third-order valence-electron chi connectivity index (χ3n) is 3.05. The summed E-state index contributed by atoms with van der Waals surface area (Å²) in [5.74, 6) is -0.220. The van der Waals surface area contributed by atoms with Crippen LogP contribution in [0.5, 0.6) is 0 Å². The minimum Gasteiger partial charge on any atom is -0.383 e. The van der Waals surface area contributed by atoms with E-state index in [1.54, 1.807) is 7.11 Å². The summed E-state index contributed by atoms with van der Waals surface area (Å²) in [5, 5.41) is 3.43. The van der Waals surface area contributed by atoms with Gasteiger partial charge in [-0.25, -0.2) is 4.39 Å². The van der Waals surface area contributed by atoms with Crippen LogP contribution < -0.4 is 5.32 Å². The quantitative estimate of drug-likeness (QED) is 0.792. The maximum Gasteiger partial charge on any atom is 0.124 e. The molecular formula is C14H22BrFN2O. The second-order valence-corrected chi connectivity index (χ2v) is 5.49. The Hall–Kier alpha value is -0.490. The fraction of sp³-hybridized carbons (Fsp3) is 0.571. The summed E-state index contributed by atoms with van der Waals surface area (Å²) in [5.41, 5.74) is 1.07. The number of hydrogen-bond acceptors (Lipinski definition) is 3. The van der Waals surface area contributed by atoms with Crippen LogP contribution in [0, 0.1) is 5.82 Å². The van der Waals surface area contributed by atoms with Gasteiger partial charge in [-0.15, -0.1) is 0 Å². The number of hydrogen-bond donors (Lipinski definition) is 1. The highest BCUT2D eigenvalue weighted by Crippen LogP contribution is 2.23. The number of nitrogens with zero attached hydrogens (tertiary/aromatic N) is 1. The summed E-state index contributed by atoms with van der Waals surface area (Å²) < 4.78 is 18.9. The smallest absolute Gasteiger partial charge is 0.124 e. The second-order valence-electron chi connectivity index (χ2n) is 4.64. The summed E-state index contributed by atoms with van der Waals surface area (Å²) in [6.07, 6.45) is 0. The van der Waals surface area contributed by atoms with Crippen molar-refractivity contribution in [2.75, 3.05) is 40.4 Å². The summed E-state index contributed by atoms with van der Waals surface area (Å²) in [4.78, 5) is 2.21. The van der Waals surface area contributed by atoms with E-state index in [1.807, 2.05) is 6.07 Å². The van der Waals surface area contributed by atoms with Gasteiger partial charge in [0.2, 0.25) is 0 Å². The molecule has 0 aliphatic heterocycles. The minimum absolute atomic E-state index is 0.186. The van der Waals surface area contributed by atoms with Crippen LogP contribution in [0.4, 0.5) is 4.39 Å². The van der Waals surface area contributed by atoms with Gasteiger partial charge < -0.3 is 15.0 Å². The molecule has 19 heavy (non-hydrogen) atoms. The Bertz CT molecular complexity index is 390. The molecule has 108 valence electrons. The molecule has 0 spiro atoms. The van der Waals surface area contributed by atoms with Crippen molar-refractivity contribution in [1.29, 1.82) is 0 Å². The molecule has 1 N–H and O–H groups in total. The molecule has 0 fully saturated rings. The third kappa shape index (κ3) is 5.99. The van der Waals surface area contributed by atoms with Crippen molar-refractivity contribution in [3.63, 3.8) is 0 Å². The van der Waals surface area contributed by atoms with Crippen LogP contribution in [-0.2, 0) is 4.74 Å². The zero-order valence-corrected chi connectivity index (χ0v) is 13.3. The van der Waals surface area contributed by atoms with E-state index in [4.69, 9.17) is 4.74 Å². The predicted molar refractivity (Wildman–Crippen MR) is 79.9 cm³/mol. The highest BCUT2D eigenvalue weighted by molar-refractivity contribution is 9.10. The molecule has 0 heterocycles. The molecule has 0 aliphatic rings.